The van der Waals surface area contributed by atoms with E-state index >= 15 is 0 Å². The summed E-state index contributed by atoms with van der Waals surface area (Å²) in [7, 11) is 1.72. The van der Waals surface area contributed by atoms with Crippen molar-refractivity contribution in [3.63, 3.8) is 0 Å². The summed E-state index contributed by atoms with van der Waals surface area (Å²) < 4.78 is 5.25. The fourth-order valence-electron chi connectivity index (χ4n) is 4.72. The van der Waals surface area contributed by atoms with Crippen LogP contribution in [-0.2, 0) is 6.42 Å². The highest BCUT2D eigenvalue weighted by Gasteiger charge is 2.21. The van der Waals surface area contributed by atoms with Crippen molar-refractivity contribution in [3.05, 3.63) is 102 Å². The Bertz CT molecular complexity index is 863. The van der Waals surface area contributed by atoms with Crippen LogP contribution in [0.25, 0.3) is 0 Å². The fourth-order valence-corrected chi connectivity index (χ4v) is 4.72. The minimum Gasteiger partial charge on any atom is -0.497 e. The number of aryl methyl sites for hydroxylation is 1. The molecule has 32 heavy (non-hydrogen) atoms. The van der Waals surface area contributed by atoms with Gasteiger partial charge >= 0.3 is 0 Å². The second-order valence-electron chi connectivity index (χ2n) is 8.90. The molecule has 1 fully saturated rings. The van der Waals surface area contributed by atoms with E-state index in [4.69, 9.17) is 4.74 Å². The molecule has 0 amide bonds. The molecule has 1 saturated heterocycles. The van der Waals surface area contributed by atoms with Gasteiger partial charge in [-0.15, -0.1) is 0 Å². The quantitative estimate of drug-likeness (QED) is 0.447. The molecule has 0 saturated carbocycles. The highest BCUT2D eigenvalue weighted by atomic mass is 16.5. The van der Waals surface area contributed by atoms with Gasteiger partial charge in [0, 0.05) is 0 Å². The standard InChI is InChI=1S/C29H36N2O/c1-32-28-16-14-24(15-17-28)9-8-20-31-21-18-25(19-22-31)23-30-29(26-10-4-2-5-11-26)27-12-6-3-7-13-27/h2-7,10-17,25,29-30H,8-9,18-23H2,1H3. The Balaban J connectivity index is 1.21. The second kappa shape index (κ2) is 11.8. The molecule has 0 aromatic heterocycles. The lowest BCUT2D eigenvalue weighted by atomic mass is 9.94. The van der Waals surface area contributed by atoms with Gasteiger partial charge in [0.05, 0.1) is 13.2 Å². The van der Waals surface area contributed by atoms with Crippen LogP contribution in [0.4, 0.5) is 0 Å². The maximum Gasteiger partial charge on any atom is 0.118 e. The van der Waals surface area contributed by atoms with E-state index in [1.165, 1.54) is 55.6 Å². The van der Waals surface area contributed by atoms with E-state index in [2.05, 4.69) is 95.1 Å². The summed E-state index contributed by atoms with van der Waals surface area (Å²) in [4.78, 5) is 2.64. The molecular weight excluding hydrogens is 392 g/mol. The summed E-state index contributed by atoms with van der Waals surface area (Å²) in [6, 6.07) is 30.4. The zero-order chi connectivity index (χ0) is 22.0. The van der Waals surface area contributed by atoms with Crippen LogP contribution < -0.4 is 10.1 Å². The third-order valence-electron chi connectivity index (χ3n) is 6.68. The first-order chi connectivity index (χ1) is 15.8. The van der Waals surface area contributed by atoms with Gasteiger partial charge in [0.2, 0.25) is 0 Å². The molecule has 1 heterocycles. The predicted octanol–water partition coefficient (Wildman–Crippen LogP) is 5.72. The number of benzene rings is 3. The molecule has 168 valence electrons. The molecule has 0 radical (unpaired) electrons. The molecule has 0 bridgehead atoms. The van der Waals surface area contributed by atoms with Crippen LogP contribution in [0.15, 0.2) is 84.9 Å². The number of likely N-dealkylation sites (tertiary alicyclic amines) is 1. The first-order valence-corrected chi connectivity index (χ1v) is 12.0. The Morgan fingerprint density at radius 3 is 2.00 bits per heavy atom. The van der Waals surface area contributed by atoms with Crippen LogP contribution in [0.1, 0.15) is 42.0 Å². The number of piperidine rings is 1. The highest BCUT2D eigenvalue weighted by Crippen LogP contribution is 2.24. The Hall–Kier alpha value is -2.62. The van der Waals surface area contributed by atoms with E-state index in [0.717, 1.165) is 24.6 Å². The van der Waals surface area contributed by atoms with E-state index < -0.39 is 0 Å². The number of nitrogens with one attached hydrogen (secondary N) is 1. The van der Waals surface area contributed by atoms with Gasteiger partial charge in [0.1, 0.15) is 5.75 Å². The lowest BCUT2D eigenvalue weighted by molar-refractivity contribution is 0.179. The zero-order valence-corrected chi connectivity index (χ0v) is 19.2. The van der Waals surface area contributed by atoms with Gasteiger partial charge in [-0.05, 0) is 86.6 Å². The number of hydrogen-bond acceptors (Lipinski definition) is 3. The normalized spacial score (nSPS) is 15.2. The van der Waals surface area contributed by atoms with Gasteiger partial charge in [-0.1, -0.05) is 72.8 Å². The molecule has 3 nitrogen and oxygen atoms in total. The predicted molar refractivity (Wildman–Crippen MR) is 133 cm³/mol. The molecule has 4 rings (SSSR count). The van der Waals surface area contributed by atoms with Crippen LogP contribution >= 0.6 is 0 Å². The molecule has 0 aliphatic carbocycles. The smallest absolute Gasteiger partial charge is 0.118 e. The maximum absolute atomic E-state index is 5.25. The molecule has 1 N–H and O–H groups in total. The van der Waals surface area contributed by atoms with Gasteiger partial charge in [-0.25, -0.2) is 0 Å². The molecule has 0 atom stereocenters. The van der Waals surface area contributed by atoms with Crippen molar-refractivity contribution >= 4 is 0 Å². The monoisotopic (exact) mass is 428 g/mol. The molecule has 3 heteroatoms. The van der Waals surface area contributed by atoms with E-state index in [1.54, 1.807) is 7.11 Å². The van der Waals surface area contributed by atoms with Gasteiger partial charge in [-0.3, -0.25) is 0 Å². The Kier molecular flexibility index (Phi) is 8.35. The summed E-state index contributed by atoms with van der Waals surface area (Å²) >= 11 is 0. The number of methoxy groups -OCH3 is 1. The maximum atomic E-state index is 5.25. The Morgan fingerprint density at radius 1 is 0.844 bits per heavy atom. The summed E-state index contributed by atoms with van der Waals surface area (Å²) in [5.41, 5.74) is 4.09. The first kappa shape index (κ1) is 22.6. The number of nitrogens with zero attached hydrogens (tertiary/aromatic N) is 1. The molecule has 0 unspecified atom stereocenters. The van der Waals surface area contributed by atoms with E-state index in [1.807, 2.05) is 0 Å². The Morgan fingerprint density at radius 2 is 1.44 bits per heavy atom. The lowest BCUT2D eigenvalue weighted by Gasteiger charge is -2.33. The average molecular weight is 429 g/mol. The largest absolute Gasteiger partial charge is 0.497 e. The number of ether oxygens (including phenoxy) is 1. The number of hydrogen-bond donors (Lipinski definition) is 1. The molecule has 3 aromatic rings. The van der Waals surface area contributed by atoms with Crippen molar-refractivity contribution in [1.29, 1.82) is 0 Å². The van der Waals surface area contributed by atoms with E-state index in [-0.39, 0.29) is 6.04 Å². The van der Waals surface area contributed by atoms with Crippen LogP contribution in [-0.4, -0.2) is 38.2 Å². The fraction of sp³-hybridized carbons (Fsp3) is 0.379. The average Bonchev–Trinajstić information content (AvgIpc) is 2.87. The second-order valence-corrected chi connectivity index (χ2v) is 8.90. The van der Waals surface area contributed by atoms with Gasteiger partial charge in [0.15, 0.2) is 0 Å². The van der Waals surface area contributed by atoms with Crippen LogP contribution in [0.5, 0.6) is 5.75 Å². The molecule has 0 spiro atoms. The van der Waals surface area contributed by atoms with Crippen LogP contribution in [0, 0.1) is 5.92 Å². The van der Waals surface area contributed by atoms with E-state index in [9.17, 15) is 0 Å². The lowest BCUT2D eigenvalue weighted by Crippen LogP contribution is -2.38. The molecule has 3 aromatic carbocycles. The first-order valence-electron chi connectivity index (χ1n) is 12.0. The zero-order valence-electron chi connectivity index (χ0n) is 19.2. The Labute approximate surface area is 193 Å². The van der Waals surface area contributed by atoms with Crippen molar-refractivity contribution < 1.29 is 4.74 Å². The summed E-state index contributed by atoms with van der Waals surface area (Å²) in [5.74, 6) is 1.69. The summed E-state index contributed by atoms with van der Waals surface area (Å²) in [5, 5.41) is 3.88. The van der Waals surface area contributed by atoms with E-state index in [0.29, 0.717) is 0 Å². The van der Waals surface area contributed by atoms with Crippen LogP contribution in [0.3, 0.4) is 0 Å². The van der Waals surface area contributed by atoms with Gasteiger partial charge in [0.25, 0.3) is 0 Å². The van der Waals surface area contributed by atoms with Crippen molar-refractivity contribution in [2.75, 3.05) is 33.3 Å². The SMILES string of the molecule is COc1ccc(CCCN2CCC(CNC(c3ccccc3)c3ccccc3)CC2)cc1. The summed E-state index contributed by atoms with van der Waals surface area (Å²) in [6.45, 7) is 4.71. The summed E-state index contributed by atoms with van der Waals surface area (Å²) in [6.07, 6.45) is 4.93. The van der Waals surface area contributed by atoms with Crippen molar-refractivity contribution in [2.24, 2.45) is 5.92 Å². The number of rotatable bonds is 10. The highest BCUT2D eigenvalue weighted by molar-refractivity contribution is 5.31. The molecule has 1 aliphatic rings. The minimum atomic E-state index is 0.264. The minimum absolute atomic E-state index is 0.264. The van der Waals surface area contributed by atoms with Crippen molar-refractivity contribution in [1.82, 2.24) is 10.2 Å². The van der Waals surface area contributed by atoms with Crippen molar-refractivity contribution in [2.45, 2.75) is 31.7 Å². The molecule has 1 aliphatic heterocycles. The van der Waals surface area contributed by atoms with Gasteiger partial charge < -0.3 is 15.0 Å². The third-order valence-corrected chi connectivity index (χ3v) is 6.68. The van der Waals surface area contributed by atoms with Crippen LogP contribution in [0.2, 0.25) is 0 Å². The van der Waals surface area contributed by atoms with Gasteiger partial charge in [-0.2, -0.15) is 0 Å². The molecular formula is C29H36N2O. The third kappa shape index (κ3) is 6.44. The van der Waals surface area contributed by atoms with Crippen molar-refractivity contribution in [3.8, 4) is 5.75 Å². The topological polar surface area (TPSA) is 24.5 Å².